The first-order valence-corrected chi connectivity index (χ1v) is 17.3. The van der Waals surface area contributed by atoms with Crippen LogP contribution in [0.15, 0.2) is 197 Å². The van der Waals surface area contributed by atoms with Gasteiger partial charge in [-0.2, -0.15) is 0 Å². The molecule has 0 amide bonds. The summed E-state index contributed by atoms with van der Waals surface area (Å²) in [6, 6.07) is 66.3. The number of hydrogen-bond acceptors (Lipinski definition) is 3. The van der Waals surface area contributed by atoms with Crippen LogP contribution in [0.25, 0.3) is 77.3 Å². The van der Waals surface area contributed by atoms with Gasteiger partial charge in [-0.3, -0.25) is 0 Å². The van der Waals surface area contributed by atoms with Gasteiger partial charge in [-0.15, -0.1) is 0 Å². The lowest BCUT2D eigenvalue weighted by Gasteiger charge is -2.28. The molecule has 0 unspecified atom stereocenters. The van der Waals surface area contributed by atoms with Gasteiger partial charge in [0.05, 0.1) is 16.8 Å². The summed E-state index contributed by atoms with van der Waals surface area (Å²) in [5, 5.41) is 4.40. The van der Waals surface area contributed by atoms with Crippen LogP contribution >= 0.6 is 0 Å². The maximum absolute atomic E-state index is 6.39. The van der Waals surface area contributed by atoms with Crippen LogP contribution in [0.5, 0.6) is 0 Å². The van der Waals surface area contributed by atoms with E-state index in [9.17, 15) is 0 Å². The molecule has 0 spiro atoms. The molecular formula is C48H31NO2. The Morgan fingerprint density at radius 2 is 0.824 bits per heavy atom. The highest BCUT2D eigenvalue weighted by Crippen LogP contribution is 2.46. The molecule has 0 saturated carbocycles. The van der Waals surface area contributed by atoms with E-state index in [4.69, 9.17) is 8.83 Å². The molecule has 0 saturated heterocycles. The number of rotatable bonds is 6. The molecule has 0 N–H and O–H groups in total. The Bertz CT molecular complexity index is 2840. The lowest BCUT2D eigenvalue weighted by molar-refractivity contribution is 0.668. The van der Waals surface area contributed by atoms with Gasteiger partial charge in [-0.05, 0) is 82.4 Å². The van der Waals surface area contributed by atoms with Crippen molar-refractivity contribution in [2.75, 3.05) is 4.90 Å². The third-order valence-corrected chi connectivity index (χ3v) is 9.90. The molecule has 8 aromatic carbocycles. The van der Waals surface area contributed by atoms with Crippen molar-refractivity contribution in [3.8, 4) is 33.4 Å². The van der Waals surface area contributed by atoms with E-state index in [1.54, 1.807) is 0 Å². The van der Waals surface area contributed by atoms with Crippen molar-refractivity contribution in [2.45, 2.75) is 0 Å². The number of fused-ring (bicyclic) bond motifs is 6. The molecule has 3 nitrogen and oxygen atoms in total. The van der Waals surface area contributed by atoms with Crippen LogP contribution in [0.1, 0.15) is 0 Å². The van der Waals surface area contributed by atoms with Gasteiger partial charge >= 0.3 is 0 Å². The van der Waals surface area contributed by atoms with Crippen molar-refractivity contribution in [2.24, 2.45) is 0 Å². The predicted octanol–water partition coefficient (Wildman–Crippen LogP) is 14.0. The lowest BCUT2D eigenvalue weighted by Crippen LogP contribution is -2.11. The summed E-state index contributed by atoms with van der Waals surface area (Å²) < 4.78 is 12.6. The van der Waals surface area contributed by atoms with E-state index >= 15 is 0 Å². The van der Waals surface area contributed by atoms with E-state index in [0.717, 1.165) is 77.6 Å². The van der Waals surface area contributed by atoms with Crippen molar-refractivity contribution in [3.05, 3.63) is 188 Å². The van der Waals surface area contributed by atoms with Crippen LogP contribution in [0.4, 0.5) is 17.1 Å². The zero-order chi connectivity index (χ0) is 33.7. The van der Waals surface area contributed by atoms with Crippen molar-refractivity contribution < 1.29 is 8.83 Å². The first-order chi connectivity index (χ1) is 25.3. The Morgan fingerprint density at radius 1 is 0.314 bits per heavy atom. The number of benzene rings is 8. The van der Waals surface area contributed by atoms with E-state index in [2.05, 4.69) is 169 Å². The number of anilines is 3. The standard InChI is InChI=1S/C48H31NO2/c1-2-11-32(12-3-1)33-21-23-34(24-22-33)35-25-28-37(29-26-35)49(43-17-10-20-47-48(43)40-15-6-9-19-45(40)51-47)42-16-7-4-13-38(42)36-27-30-46-41(31-36)39-14-5-8-18-44(39)50-46/h1-31H. The van der Waals surface area contributed by atoms with Gasteiger partial charge in [0, 0.05) is 27.4 Å². The topological polar surface area (TPSA) is 29.5 Å². The molecule has 3 heteroatoms. The van der Waals surface area contributed by atoms with Crippen LogP contribution in [0.3, 0.4) is 0 Å². The number of hydrogen-bond donors (Lipinski definition) is 0. The quantitative estimate of drug-likeness (QED) is 0.179. The average Bonchev–Trinajstić information content (AvgIpc) is 3.77. The third-order valence-electron chi connectivity index (χ3n) is 9.90. The van der Waals surface area contributed by atoms with Crippen LogP contribution in [-0.4, -0.2) is 0 Å². The van der Waals surface area contributed by atoms with Crippen molar-refractivity contribution in [3.63, 3.8) is 0 Å². The average molecular weight is 654 g/mol. The van der Waals surface area contributed by atoms with Gasteiger partial charge in [0.15, 0.2) is 0 Å². The van der Waals surface area contributed by atoms with Gasteiger partial charge in [-0.1, -0.05) is 133 Å². The summed E-state index contributed by atoms with van der Waals surface area (Å²) in [4.78, 5) is 2.37. The first-order valence-electron chi connectivity index (χ1n) is 17.3. The fourth-order valence-corrected chi connectivity index (χ4v) is 7.45. The second kappa shape index (κ2) is 11.9. The van der Waals surface area contributed by atoms with E-state index in [1.165, 1.54) is 16.7 Å². The van der Waals surface area contributed by atoms with Crippen LogP contribution < -0.4 is 4.90 Å². The Morgan fingerprint density at radius 3 is 1.59 bits per heavy atom. The van der Waals surface area contributed by atoms with E-state index in [1.807, 2.05) is 24.3 Å². The fraction of sp³-hybridized carbons (Fsp3) is 0. The van der Waals surface area contributed by atoms with Crippen LogP contribution in [0.2, 0.25) is 0 Å². The summed E-state index contributed by atoms with van der Waals surface area (Å²) in [6.45, 7) is 0. The summed E-state index contributed by atoms with van der Waals surface area (Å²) in [7, 11) is 0. The minimum absolute atomic E-state index is 0.859. The SMILES string of the molecule is c1ccc(-c2ccc(-c3ccc(N(c4ccccc4-c4ccc5oc6ccccc6c5c4)c4cccc5oc6ccccc6c45)cc3)cc2)cc1. The molecule has 2 heterocycles. The van der Waals surface area contributed by atoms with E-state index < -0.39 is 0 Å². The predicted molar refractivity (Wildman–Crippen MR) is 212 cm³/mol. The molecule has 10 rings (SSSR count). The summed E-state index contributed by atoms with van der Waals surface area (Å²) in [5.74, 6) is 0. The Hall–Kier alpha value is -6.84. The van der Waals surface area contributed by atoms with Gasteiger partial charge in [0.1, 0.15) is 22.3 Å². The number of furan rings is 2. The van der Waals surface area contributed by atoms with Gasteiger partial charge in [0.25, 0.3) is 0 Å². The van der Waals surface area contributed by atoms with E-state index in [0.29, 0.717) is 0 Å². The zero-order valence-corrected chi connectivity index (χ0v) is 27.7. The molecule has 240 valence electrons. The molecule has 0 bridgehead atoms. The minimum Gasteiger partial charge on any atom is -0.456 e. The molecule has 51 heavy (non-hydrogen) atoms. The maximum atomic E-state index is 6.39. The Balaban J connectivity index is 1.14. The highest BCUT2D eigenvalue weighted by Gasteiger charge is 2.22. The van der Waals surface area contributed by atoms with Gasteiger partial charge in [-0.25, -0.2) is 0 Å². The fourth-order valence-electron chi connectivity index (χ4n) is 7.45. The third kappa shape index (κ3) is 4.98. The largest absolute Gasteiger partial charge is 0.456 e. The molecule has 10 aromatic rings. The van der Waals surface area contributed by atoms with Crippen molar-refractivity contribution in [1.82, 2.24) is 0 Å². The Kier molecular flexibility index (Phi) is 6.81. The second-order valence-electron chi connectivity index (χ2n) is 12.9. The van der Waals surface area contributed by atoms with Crippen molar-refractivity contribution in [1.29, 1.82) is 0 Å². The first kappa shape index (κ1) is 29.1. The molecule has 2 aromatic heterocycles. The molecule has 0 radical (unpaired) electrons. The summed E-state index contributed by atoms with van der Waals surface area (Å²) in [6.07, 6.45) is 0. The van der Waals surface area contributed by atoms with Crippen LogP contribution in [-0.2, 0) is 0 Å². The number of para-hydroxylation sites is 3. The lowest BCUT2D eigenvalue weighted by atomic mass is 9.98. The molecule has 0 aliphatic rings. The van der Waals surface area contributed by atoms with Gasteiger partial charge < -0.3 is 13.7 Å². The van der Waals surface area contributed by atoms with E-state index in [-0.39, 0.29) is 0 Å². The molecular weight excluding hydrogens is 623 g/mol. The highest BCUT2D eigenvalue weighted by atomic mass is 16.3. The summed E-state index contributed by atoms with van der Waals surface area (Å²) >= 11 is 0. The molecule has 0 atom stereocenters. The zero-order valence-electron chi connectivity index (χ0n) is 27.7. The monoisotopic (exact) mass is 653 g/mol. The highest BCUT2D eigenvalue weighted by molar-refractivity contribution is 6.14. The molecule has 0 aliphatic heterocycles. The van der Waals surface area contributed by atoms with Gasteiger partial charge in [0.2, 0.25) is 0 Å². The maximum Gasteiger partial charge on any atom is 0.137 e. The molecule has 0 aliphatic carbocycles. The minimum atomic E-state index is 0.859. The molecule has 0 fully saturated rings. The van der Waals surface area contributed by atoms with Crippen LogP contribution in [0, 0.1) is 0 Å². The number of nitrogens with zero attached hydrogens (tertiary/aromatic N) is 1. The second-order valence-corrected chi connectivity index (χ2v) is 12.9. The summed E-state index contributed by atoms with van der Waals surface area (Å²) in [5.41, 5.74) is 13.7. The Labute approximate surface area is 295 Å². The normalized spacial score (nSPS) is 11.5. The smallest absolute Gasteiger partial charge is 0.137 e. The van der Waals surface area contributed by atoms with Crippen molar-refractivity contribution >= 4 is 60.9 Å².